The summed E-state index contributed by atoms with van der Waals surface area (Å²) in [5.41, 5.74) is 1.39. The quantitative estimate of drug-likeness (QED) is 0.441. The second-order valence-corrected chi connectivity index (χ2v) is 9.66. The fourth-order valence-electron chi connectivity index (χ4n) is 3.04. The van der Waals surface area contributed by atoms with Crippen LogP contribution in [0, 0.1) is 0 Å². The van der Waals surface area contributed by atoms with Crippen LogP contribution in [-0.4, -0.2) is 33.8 Å². The maximum atomic E-state index is 13.0. The van der Waals surface area contributed by atoms with Gasteiger partial charge in [-0.25, -0.2) is 8.42 Å². The summed E-state index contributed by atoms with van der Waals surface area (Å²) in [5, 5.41) is 6.06. The Morgan fingerprint density at radius 3 is 2.33 bits per heavy atom. The molecular weight excluding hydrogens is 462 g/mol. The van der Waals surface area contributed by atoms with Gasteiger partial charge in [0.15, 0.2) is 0 Å². The van der Waals surface area contributed by atoms with Crippen LogP contribution in [0.4, 0.5) is 11.4 Å². The molecule has 0 aliphatic rings. The van der Waals surface area contributed by atoms with Crippen molar-refractivity contribution in [3.05, 3.63) is 89.4 Å². The van der Waals surface area contributed by atoms with Crippen LogP contribution in [0.5, 0.6) is 0 Å². The summed E-state index contributed by atoms with van der Waals surface area (Å²) in [6.45, 7) is 0.272. The van der Waals surface area contributed by atoms with Crippen molar-refractivity contribution in [2.24, 2.45) is 0 Å². The molecule has 2 amide bonds. The second-order valence-electron chi connectivity index (χ2n) is 7.25. The molecule has 9 heteroatoms. The van der Waals surface area contributed by atoms with Crippen LogP contribution < -0.4 is 14.9 Å². The summed E-state index contributed by atoms with van der Waals surface area (Å²) in [4.78, 5) is 24.5. The predicted molar refractivity (Wildman–Crippen MR) is 130 cm³/mol. The van der Waals surface area contributed by atoms with E-state index in [0.717, 1.165) is 0 Å². The largest absolute Gasteiger partial charge is 0.352 e. The van der Waals surface area contributed by atoms with Crippen molar-refractivity contribution in [2.75, 3.05) is 23.2 Å². The lowest BCUT2D eigenvalue weighted by atomic mass is 10.2. The molecule has 0 fully saturated rings. The number of carbonyl (C=O) groups is 2. The van der Waals surface area contributed by atoms with Crippen molar-refractivity contribution in [1.29, 1.82) is 0 Å². The predicted octanol–water partition coefficient (Wildman–Crippen LogP) is 4.31. The summed E-state index contributed by atoms with van der Waals surface area (Å²) in [5.74, 6) is -0.587. The van der Waals surface area contributed by atoms with Gasteiger partial charge in [-0.05, 0) is 61.0 Å². The van der Waals surface area contributed by atoms with Gasteiger partial charge in [-0.15, -0.1) is 0 Å². The zero-order valence-corrected chi connectivity index (χ0v) is 19.6. The average molecular weight is 486 g/mol. The average Bonchev–Trinajstić information content (AvgIpc) is 2.83. The fourth-order valence-corrected chi connectivity index (χ4v) is 4.41. The maximum absolute atomic E-state index is 13.0. The molecule has 0 saturated carbocycles. The first kappa shape index (κ1) is 24.3. The molecule has 3 rings (SSSR count). The molecule has 3 aromatic rings. The number of amides is 2. The van der Waals surface area contributed by atoms with Gasteiger partial charge in [0.2, 0.25) is 5.91 Å². The zero-order chi connectivity index (χ0) is 23.8. The van der Waals surface area contributed by atoms with Gasteiger partial charge in [0.25, 0.3) is 15.9 Å². The first-order valence-electron chi connectivity index (χ1n) is 10.2. The maximum Gasteiger partial charge on any atom is 0.264 e. The third kappa shape index (κ3) is 6.57. The normalized spacial score (nSPS) is 11.0. The Morgan fingerprint density at radius 2 is 1.64 bits per heavy atom. The Kier molecular flexibility index (Phi) is 8.08. The van der Waals surface area contributed by atoms with Gasteiger partial charge in [0.05, 0.1) is 10.6 Å². The van der Waals surface area contributed by atoms with Crippen molar-refractivity contribution < 1.29 is 18.0 Å². The van der Waals surface area contributed by atoms with Gasteiger partial charge >= 0.3 is 0 Å². The molecule has 0 radical (unpaired) electrons. The number of sulfonamides is 1. The lowest BCUT2D eigenvalue weighted by Gasteiger charge is -2.19. The smallest absolute Gasteiger partial charge is 0.264 e. The fraction of sp³-hybridized carbons (Fsp3) is 0.167. The second kappa shape index (κ2) is 11.0. The minimum atomic E-state index is -3.82. The first-order valence-corrected chi connectivity index (χ1v) is 12.1. The van der Waals surface area contributed by atoms with Crippen LogP contribution in [0.1, 0.15) is 23.2 Å². The third-order valence-electron chi connectivity index (χ3n) is 4.87. The van der Waals surface area contributed by atoms with Gasteiger partial charge in [0.1, 0.15) is 0 Å². The number of nitrogens with zero attached hydrogens (tertiary/aromatic N) is 1. The number of rotatable bonds is 9. The molecule has 2 N–H and O–H groups in total. The molecule has 3 aromatic carbocycles. The highest BCUT2D eigenvalue weighted by molar-refractivity contribution is 7.92. The van der Waals surface area contributed by atoms with Crippen molar-refractivity contribution in [2.45, 2.75) is 17.7 Å². The highest BCUT2D eigenvalue weighted by Gasteiger charge is 2.22. The molecule has 0 aliphatic carbocycles. The summed E-state index contributed by atoms with van der Waals surface area (Å²) in [7, 11) is -2.36. The summed E-state index contributed by atoms with van der Waals surface area (Å²) in [6.07, 6.45) is 0.652. The molecule has 172 valence electrons. The summed E-state index contributed by atoms with van der Waals surface area (Å²) in [6, 6.07) is 21.3. The van der Waals surface area contributed by atoms with E-state index in [2.05, 4.69) is 10.6 Å². The van der Waals surface area contributed by atoms with E-state index in [4.69, 9.17) is 11.6 Å². The van der Waals surface area contributed by atoms with Crippen LogP contribution in [0.3, 0.4) is 0 Å². The summed E-state index contributed by atoms with van der Waals surface area (Å²) < 4.78 is 27.1. The molecule has 0 unspecified atom stereocenters. The van der Waals surface area contributed by atoms with Gasteiger partial charge in [-0.1, -0.05) is 35.9 Å². The van der Waals surface area contributed by atoms with Crippen LogP contribution in [0.25, 0.3) is 0 Å². The van der Waals surface area contributed by atoms with E-state index in [9.17, 15) is 18.0 Å². The van der Waals surface area contributed by atoms with E-state index in [1.165, 1.54) is 29.6 Å². The lowest BCUT2D eigenvalue weighted by molar-refractivity contribution is -0.116. The number of carbonyl (C=O) groups excluding carboxylic acids is 2. The van der Waals surface area contributed by atoms with E-state index >= 15 is 0 Å². The van der Waals surface area contributed by atoms with Gasteiger partial charge in [0, 0.05) is 36.3 Å². The van der Waals surface area contributed by atoms with Crippen LogP contribution in [0.2, 0.25) is 5.02 Å². The van der Waals surface area contributed by atoms with Gasteiger partial charge in [-0.3, -0.25) is 13.9 Å². The molecule has 7 nitrogen and oxygen atoms in total. The molecule has 0 spiro atoms. The number of anilines is 2. The number of para-hydroxylation sites is 1. The topological polar surface area (TPSA) is 95.6 Å². The van der Waals surface area contributed by atoms with Crippen molar-refractivity contribution in [3.8, 4) is 0 Å². The number of hydrogen-bond donors (Lipinski definition) is 2. The lowest BCUT2D eigenvalue weighted by Crippen LogP contribution is -2.28. The standard InChI is InChI=1S/C24H24ClN3O4S/c1-28(21-8-3-2-4-9-21)33(31,32)22-10-5-7-18(17-22)24(30)26-16-6-11-23(29)27-20-14-12-19(25)13-15-20/h2-5,7-10,12-15,17H,6,11,16H2,1H3,(H,26,30)(H,27,29). The van der Waals surface area contributed by atoms with E-state index < -0.39 is 15.9 Å². The van der Waals surface area contributed by atoms with E-state index in [1.54, 1.807) is 60.7 Å². The SMILES string of the molecule is CN(c1ccccc1)S(=O)(=O)c1cccc(C(=O)NCCCC(=O)Nc2ccc(Cl)cc2)c1. The van der Waals surface area contributed by atoms with E-state index in [1.807, 2.05) is 0 Å². The molecule has 0 bridgehead atoms. The van der Waals surface area contributed by atoms with Crippen LogP contribution >= 0.6 is 11.6 Å². The minimum absolute atomic E-state index is 0.0174. The van der Waals surface area contributed by atoms with Crippen molar-refractivity contribution in [1.82, 2.24) is 5.32 Å². The number of benzene rings is 3. The Labute approximate surface area is 198 Å². The monoisotopic (exact) mass is 485 g/mol. The minimum Gasteiger partial charge on any atom is -0.352 e. The molecule has 0 saturated heterocycles. The number of nitrogens with one attached hydrogen (secondary N) is 2. The first-order chi connectivity index (χ1) is 15.8. The Morgan fingerprint density at radius 1 is 0.939 bits per heavy atom. The Balaban J connectivity index is 1.54. The Hall–Kier alpha value is -3.36. The van der Waals surface area contributed by atoms with Crippen molar-refractivity contribution >= 4 is 44.8 Å². The molecule has 33 heavy (non-hydrogen) atoms. The third-order valence-corrected chi connectivity index (χ3v) is 6.90. The highest BCUT2D eigenvalue weighted by atomic mass is 35.5. The zero-order valence-electron chi connectivity index (χ0n) is 18.0. The molecule has 0 atom stereocenters. The molecule has 0 heterocycles. The van der Waals surface area contributed by atoms with Crippen molar-refractivity contribution in [3.63, 3.8) is 0 Å². The highest BCUT2D eigenvalue weighted by Crippen LogP contribution is 2.22. The van der Waals surface area contributed by atoms with Gasteiger partial charge in [-0.2, -0.15) is 0 Å². The van der Waals surface area contributed by atoms with Crippen LogP contribution in [-0.2, 0) is 14.8 Å². The molecular formula is C24H24ClN3O4S. The molecule has 0 aliphatic heterocycles. The van der Waals surface area contributed by atoms with E-state index in [0.29, 0.717) is 22.8 Å². The van der Waals surface area contributed by atoms with Gasteiger partial charge < -0.3 is 10.6 Å². The summed E-state index contributed by atoms with van der Waals surface area (Å²) >= 11 is 5.82. The molecule has 0 aromatic heterocycles. The Bertz CT molecular complexity index is 1220. The number of hydrogen-bond acceptors (Lipinski definition) is 4. The van der Waals surface area contributed by atoms with E-state index in [-0.39, 0.29) is 29.3 Å². The van der Waals surface area contributed by atoms with Crippen LogP contribution in [0.15, 0.2) is 83.8 Å². The number of halogens is 1.